The number of rotatable bonds is 2. The average Bonchev–Trinajstić information content (AvgIpc) is 2.61. The molecule has 0 bridgehead atoms. The van der Waals surface area contributed by atoms with Gasteiger partial charge in [0.05, 0.1) is 5.69 Å². The Labute approximate surface area is 95.3 Å². The number of hydrogen-bond acceptors (Lipinski definition) is 3. The van der Waals surface area contributed by atoms with Gasteiger partial charge in [-0.15, -0.1) is 0 Å². The molecule has 0 fully saturated rings. The first kappa shape index (κ1) is 10.1. The van der Waals surface area contributed by atoms with E-state index in [0.717, 1.165) is 15.7 Å². The van der Waals surface area contributed by atoms with Crippen LogP contribution in [-0.4, -0.2) is 11.3 Å². The maximum atomic E-state index is 10.5. The molecule has 0 spiro atoms. The van der Waals surface area contributed by atoms with Gasteiger partial charge in [-0.25, -0.2) is 4.98 Å². The van der Waals surface area contributed by atoms with Crippen molar-refractivity contribution in [1.82, 2.24) is 4.98 Å². The molecule has 0 radical (unpaired) electrons. The zero-order chi connectivity index (χ0) is 10.8. The van der Waals surface area contributed by atoms with Crippen molar-refractivity contribution in [1.29, 1.82) is 0 Å². The van der Waals surface area contributed by atoms with Gasteiger partial charge < -0.3 is 4.42 Å². The Hall–Kier alpha value is -1.42. The zero-order valence-electron chi connectivity index (χ0n) is 8.03. The number of aryl methyl sites for hydroxylation is 1. The quantitative estimate of drug-likeness (QED) is 0.784. The van der Waals surface area contributed by atoms with Crippen LogP contribution in [-0.2, 0) is 0 Å². The molecule has 0 aliphatic heterocycles. The lowest BCUT2D eigenvalue weighted by molar-refractivity contribution is 0.109. The Morgan fingerprint density at radius 2 is 2.00 bits per heavy atom. The summed E-state index contributed by atoms with van der Waals surface area (Å²) >= 11 is 3.35. The fraction of sp³-hybridized carbons (Fsp3) is 0.0909. The van der Waals surface area contributed by atoms with Crippen LogP contribution in [0, 0.1) is 6.92 Å². The Balaban J connectivity index is 2.48. The highest BCUT2D eigenvalue weighted by atomic mass is 79.9. The Kier molecular flexibility index (Phi) is 2.68. The molecule has 0 saturated heterocycles. The summed E-state index contributed by atoms with van der Waals surface area (Å²) in [6.07, 6.45) is 0.607. The van der Waals surface area contributed by atoms with E-state index in [-0.39, 0.29) is 5.89 Å². The van der Waals surface area contributed by atoms with Gasteiger partial charge in [0, 0.05) is 10.0 Å². The molecule has 3 nitrogen and oxygen atoms in total. The minimum absolute atomic E-state index is 0.116. The molecule has 2 rings (SSSR count). The number of nitrogens with zero attached hydrogens (tertiary/aromatic N) is 1. The van der Waals surface area contributed by atoms with Crippen molar-refractivity contribution >= 4 is 22.2 Å². The van der Waals surface area contributed by atoms with Crippen LogP contribution in [0.5, 0.6) is 0 Å². The summed E-state index contributed by atoms with van der Waals surface area (Å²) in [6.45, 7) is 1.81. The molecule has 0 aliphatic rings. The summed E-state index contributed by atoms with van der Waals surface area (Å²) in [5.74, 6) is 0.759. The predicted octanol–water partition coefficient (Wildman–Crippen LogP) is 3.23. The smallest absolute Gasteiger partial charge is 0.260 e. The number of oxazole rings is 1. The second-order valence-corrected chi connectivity index (χ2v) is 4.01. The maximum Gasteiger partial charge on any atom is 0.260 e. The third kappa shape index (κ3) is 1.99. The zero-order valence-corrected chi connectivity index (χ0v) is 9.61. The van der Waals surface area contributed by atoms with Gasteiger partial charge in [0.2, 0.25) is 6.29 Å². The number of aromatic nitrogens is 1. The third-order valence-electron chi connectivity index (χ3n) is 2.02. The molecule has 0 unspecified atom stereocenters. The van der Waals surface area contributed by atoms with Gasteiger partial charge in [0.15, 0.2) is 5.76 Å². The number of halogens is 1. The highest BCUT2D eigenvalue weighted by Gasteiger charge is 2.10. The average molecular weight is 266 g/mol. The summed E-state index contributed by atoms with van der Waals surface area (Å²) in [6, 6.07) is 7.65. The summed E-state index contributed by atoms with van der Waals surface area (Å²) in [5.41, 5.74) is 1.63. The summed E-state index contributed by atoms with van der Waals surface area (Å²) < 4.78 is 6.29. The second-order valence-electron chi connectivity index (χ2n) is 3.09. The van der Waals surface area contributed by atoms with Gasteiger partial charge >= 0.3 is 0 Å². The highest BCUT2D eigenvalue weighted by molar-refractivity contribution is 9.10. The molecular weight excluding hydrogens is 258 g/mol. The molecule has 15 heavy (non-hydrogen) atoms. The standard InChI is InChI=1S/C11H8BrNO2/c1-7-11(15-10(6-14)13-7)8-2-4-9(12)5-3-8/h2-6H,1H3. The summed E-state index contributed by atoms with van der Waals surface area (Å²) in [4.78, 5) is 14.5. The molecule has 4 heteroatoms. The SMILES string of the molecule is Cc1nc(C=O)oc1-c1ccc(Br)cc1. The largest absolute Gasteiger partial charge is 0.434 e. The number of carbonyl (C=O) groups is 1. The van der Waals surface area contributed by atoms with E-state index in [9.17, 15) is 4.79 Å². The Bertz CT molecular complexity index is 488. The van der Waals surface area contributed by atoms with E-state index >= 15 is 0 Å². The second kappa shape index (κ2) is 3.98. The van der Waals surface area contributed by atoms with Crippen molar-refractivity contribution in [2.45, 2.75) is 6.92 Å². The molecule has 0 aliphatic carbocycles. The van der Waals surface area contributed by atoms with Gasteiger partial charge in [-0.1, -0.05) is 28.1 Å². The maximum absolute atomic E-state index is 10.5. The lowest BCUT2D eigenvalue weighted by atomic mass is 10.1. The third-order valence-corrected chi connectivity index (χ3v) is 2.55. The van der Waals surface area contributed by atoms with Gasteiger partial charge in [-0.05, 0) is 19.1 Å². The van der Waals surface area contributed by atoms with E-state index in [0.29, 0.717) is 12.0 Å². The van der Waals surface area contributed by atoms with Gasteiger partial charge in [-0.2, -0.15) is 0 Å². The van der Waals surface area contributed by atoms with Crippen molar-refractivity contribution < 1.29 is 9.21 Å². The lowest BCUT2D eigenvalue weighted by Crippen LogP contribution is -1.78. The summed E-state index contributed by atoms with van der Waals surface area (Å²) in [7, 11) is 0. The van der Waals surface area contributed by atoms with Crippen LogP contribution in [0.1, 0.15) is 16.4 Å². The number of hydrogen-bond donors (Lipinski definition) is 0. The van der Waals surface area contributed by atoms with Crippen LogP contribution in [0.3, 0.4) is 0 Å². The molecule has 2 aromatic rings. The fourth-order valence-electron chi connectivity index (χ4n) is 1.34. The van der Waals surface area contributed by atoms with Crippen LogP contribution in [0.25, 0.3) is 11.3 Å². The molecule has 0 atom stereocenters. The van der Waals surface area contributed by atoms with Gasteiger partial charge in [-0.3, -0.25) is 4.79 Å². The van der Waals surface area contributed by atoms with Crippen LogP contribution >= 0.6 is 15.9 Å². The van der Waals surface area contributed by atoms with E-state index in [1.807, 2.05) is 31.2 Å². The highest BCUT2D eigenvalue weighted by Crippen LogP contribution is 2.25. The van der Waals surface area contributed by atoms with E-state index in [1.165, 1.54) is 0 Å². The number of carbonyl (C=O) groups excluding carboxylic acids is 1. The molecule has 1 aromatic heterocycles. The minimum Gasteiger partial charge on any atom is -0.434 e. The molecular formula is C11H8BrNO2. The van der Waals surface area contributed by atoms with Gasteiger partial charge in [0.25, 0.3) is 5.89 Å². The summed E-state index contributed by atoms with van der Waals surface area (Å²) in [5, 5.41) is 0. The van der Waals surface area contributed by atoms with Crippen LogP contribution < -0.4 is 0 Å². The molecule has 1 heterocycles. The van der Waals surface area contributed by atoms with Crippen LogP contribution in [0.2, 0.25) is 0 Å². The lowest BCUT2D eigenvalue weighted by Gasteiger charge is -1.97. The van der Waals surface area contributed by atoms with Crippen molar-refractivity contribution in [3.05, 3.63) is 40.3 Å². The van der Waals surface area contributed by atoms with E-state index in [4.69, 9.17) is 4.42 Å². The van der Waals surface area contributed by atoms with Crippen LogP contribution in [0.15, 0.2) is 33.2 Å². The Morgan fingerprint density at radius 3 is 2.53 bits per heavy atom. The van der Waals surface area contributed by atoms with Crippen LogP contribution in [0.4, 0.5) is 0 Å². The first-order chi connectivity index (χ1) is 7.20. The number of aldehydes is 1. The van der Waals surface area contributed by atoms with Crippen molar-refractivity contribution in [2.75, 3.05) is 0 Å². The van der Waals surface area contributed by atoms with Gasteiger partial charge in [0.1, 0.15) is 0 Å². The predicted molar refractivity (Wildman–Crippen MR) is 59.8 cm³/mol. The molecule has 0 amide bonds. The topological polar surface area (TPSA) is 43.1 Å². The molecule has 1 aromatic carbocycles. The fourth-order valence-corrected chi connectivity index (χ4v) is 1.60. The molecule has 76 valence electrons. The monoisotopic (exact) mass is 265 g/mol. The van der Waals surface area contributed by atoms with Crippen molar-refractivity contribution in [3.63, 3.8) is 0 Å². The normalized spacial score (nSPS) is 10.3. The van der Waals surface area contributed by atoms with Crippen molar-refractivity contribution in [3.8, 4) is 11.3 Å². The van der Waals surface area contributed by atoms with Crippen molar-refractivity contribution in [2.24, 2.45) is 0 Å². The van der Waals surface area contributed by atoms with E-state index in [2.05, 4.69) is 20.9 Å². The first-order valence-corrected chi connectivity index (χ1v) is 5.18. The first-order valence-electron chi connectivity index (χ1n) is 4.39. The van der Waals surface area contributed by atoms with E-state index < -0.39 is 0 Å². The molecule has 0 N–H and O–H groups in total. The Morgan fingerprint density at radius 1 is 1.33 bits per heavy atom. The molecule has 0 saturated carbocycles. The van der Waals surface area contributed by atoms with E-state index in [1.54, 1.807) is 0 Å². The minimum atomic E-state index is 0.116. The number of benzene rings is 1.